The van der Waals surface area contributed by atoms with Crippen LogP contribution >= 0.6 is 0 Å². The van der Waals surface area contributed by atoms with Crippen LogP contribution in [0.2, 0.25) is 0 Å². The second-order valence-corrected chi connectivity index (χ2v) is 3.70. The summed E-state index contributed by atoms with van der Waals surface area (Å²) < 4.78 is 1.86. The van der Waals surface area contributed by atoms with Crippen molar-refractivity contribution in [2.45, 2.75) is 26.1 Å². The number of anilines is 1. The largest absolute Gasteiger partial charge is 0.465 e. The molecule has 1 aliphatic heterocycles. The van der Waals surface area contributed by atoms with E-state index in [9.17, 15) is 4.79 Å². The zero-order valence-electron chi connectivity index (χ0n) is 8.77. The number of amides is 1. The summed E-state index contributed by atoms with van der Waals surface area (Å²) in [6.07, 6.45) is 0.852. The van der Waals surface area contributed by atoms with Crippen LogP contribution in [0.25, 0.3) is 0 Å². The van der Waals surface area contributed by atoms with E-state index in [4.69, 9.17) is 5.11 Å². The molecule has 82 valence electrons. The van der Waals surface area contributed by atoms with E-state index in [0.29, 0.717) is 13.1 Å². The Labute approximate surface area is 87.5 Å². The molecule has 2 N–H and O–H groups in total. The van der Waals surface area contributed by atoms with Gasteiger partial charge in [-0.3, -0.25) is 9.58 Å². The molecule has 1 aromatic heterocycles. The first-order valence-electron chi connectivity index (χ1n) is 4.85. The lowest BCUT2D eigenvalue weighted by Crippen LogP contribution is -2.44. The minimum Gasteiger partial charge on any atom is -0.465 e. The van der Waals surface area contributed by atoms with Crippen molar-refractivity contribution >= 4 is 11.8 Å². The van der Waals surface area contributed by atoms with Gasteiger partial charge in [0.1, 0.15) is 0 Å². The Kier molecular flexibility index (Phi) is 2.26. The zero-order chi connectivity index (χ0) is 11.0. The maximum absolute atomic E-state index is 11.0. The molecule has 6 nitrogen and oxygen atoms in total. The first kappa shape index (κ1) is 9.82. The van der Waals surface area contributed by atoms with Crippen molar-refractivity contribution in [3.63, 3.8) is 0 Å². The lowest BCUT2D eigenvalue weighted by Gasteiger charge is -2.31. The van der Waals surface area contributed by atoms with Gasteiger partial charge in [-0.2, -0.15) is 5.10 Å². The first-order valence-corrected chi connectivity index (χ1v) is 4.85. The Bertz CT molecular complexity index is 387. The van der Waals surface area contributed by atoms with Crippen molar-refractivity contribution in [2.75, 3.05) is 12.4 Å². The topological polar surface area (TPSA) is 70.4 Å². The van der Waals surface area contributed by atoms with Gasteiger partial charge in [0.25, 0.3) is 0 Å². The second-order valence-electron chi connectivity index (χ2n) is 3.70. The fourth-order valence-corrected chi connectivity index (χ4v) is 1.87. The van der Waals surface area contributed by atoms with Gasteiger partial charge in [0.05, 0.1) is 36.7 Å². The molecular formula is C9H14N4O2. The normalized spacial score (nSPS) is 19.9. The van der Waals surface area contributed by atoms with Crippen LogP contribution in [0.3, 0.4) is 0 Å². The standard InChI is InChI=1S/C9H14N4O2/c1-6-4-13-8(5-12(6)9(14)15)7(10-2)3-11-13/h3,6,10H,4-5H2,1-2H3,(H,14,15)/t6-/m0/s1. The molecule has 0 fully saturated rings. The van der Waals surface area contributed by atoms with Crippen molar-refractivity contribution in [1.82, 2.24) is 14.7 Å². The van der Waals surface area contributed by atoms with Crippen molar-refractivity contribution in [2.24, 2.45) is 0 Å². The molecule has 2 heterocycles. The Balaban J connectivity index is 2.32. The van der Waals surface area contributed by atoms with Gasteiger partial charge >= 0.3 is 6.09 Å². The minimum atomic E-state index is -0.878. The average molecular weight is 210 g/mol. The molecule has 0 aromatic carbocycles. The molecule has 0 aliphatic carbocycles. The summed E-state index contributed by atoms with van der Waals surface area (Å²) in [5.41, 5.74) is 1.83. The van der Waals surface area contributed by atoms with Gasteiger partial charge in [0, 0.05) is 7.05 Å². The van der Waals surface area contributed by atoms with Crippen LogP contribution in [0.4, 0.5) is 10.5 Å². The highest BCUT2D eigenvalue weighted by Gasteiger charge is 2.28. The van der Waals surface area contributed by atoms with Gasteiger partial charge < -0.3 is 10.4 Å². The molecule has 1 atom stereocenters. The quantitative estimate of drug-likeness (QED) is 0.719. The summed E-state index contributed by atoms with van der Waals surface area (Å²) in [7, 11) is 1.81. The summed E-state index contributed by atoms with van der Waals surface area (Å²) in [4.78, 5) is 12.4. The number of fused-ring (bicyclic) bond motifs is 1. The van der Waals surface area contributed by atoms with Crippen LogP contribution < -0.4 is 5.32 Å². The number of hydrogen-bond acceptors (Lipinski definition) is 3. The fourth-order valence-electron chi connectivity index (χ4n) is 1.87. The zero-order valence-corrected chi connectivity index (χ0v) is 8.77. The minimum absolute atomic E-state index is 0.0281. The van der Waals surface area contributed by atoms with Crippen LogP contribution in [0, 0.1) is 0 Å². The summed E-state index contributed by atoms with van der Waals surface area (Å²) >= 11 is 0. The SMILES string of the molecule is CNc1cnn2c1CN(C(=O)O)[C@@H](C)C2. The predicted octanol–water partition coefficient (Wildman–Crippen LogP) is 0.807. The smallest absolute Gasteiger partial charge is 0.407 e. The highest BCUT2D eigenvalue weighted by Crippen LogP contribution is 2.23. The van der Waals surface area contributed by atoms with Crippen molar-refractivity contribution < 1.29 is 9.90 Å². The van der Waals surface area contributed by atoms with E-state index in [1.165, 1.54) is 4.90 Å². The third kappa shape index (κ3) is 1.51. The van der Waals surface area contributed by atoms with Gasteiger partial charge in [-0.05, 0) is 6.92 Å². The van der Waals surface area contributed by atoms with Gasteiger partial charge in [-0.1, -0.05) is 0 Å². The monoisotopic (exact) mass is 210 g/mol. The molecule has 2 rings (SSSR count). The maximum atomic E-state index is 11.0. The highest BCUT2D eigenvalue weighted by atomic mass is 16.4. The first-order chi connectivity index (χ1) is 7.13. The van der Waals surface area contributed by atoms with Gasteiger partial charge in [0.15, 0.2) is 0 Å². The van der Waals surface area contributed by atoms with Gasteiger partial charge in [0.2, 0.25) is 0 Å². The van der Waals surface area contributed by atoms with E-state index in [2.05, 4.69) is 10.4 Å². The number of carboxylic acid groups (broad SMARTS) is 1. The van der Waals surface area contributed by atoms with Crippen LogP contribution in [-0.2, 0) is 13.1 Å². The Morgan fingerprint density at radius 3 is 3.07 bits per heavy atom. The Morgan fingerprint density at radius 2 is 2.47 bits per heavy atom. The van der Waals surface area contributed by atoms with Crippen molar-refractivity contribution in [3.05, 3.63) is 11.9 Å². The number of nitrogens with one attached hydrogen (secondary N) is 1. The van der Waals surface area contributed by atoms with E-state index < -0.39 is 6.09 Å². The number of carbonyl (C=O) groups is 1. The molecule has 1 amide bonds. The lowest BCUT2D eigenvalue weighted by molar-refractivity contribution is 0.105. The number of aromatic nitrogens is 2. The molecule has 1 aliphatic rings. The van der Waals surface area contributed by atoms with E-state index >= 15 is 0 Å². The lowest BCUT2D eigenvalue weighted by atomic mass is 10.2. The van der Waals surface area contributed by atoms with E-state index in [-0.39, 0.29) is 6.04 Å². The average Bonchev–Trinajstić information content (AvgIpc) is 2.58. The molecule has 0 radical (unpaired) electrons. The molecule has 0 saturated carbocycles. The third-order valence-electron chi connectivity index (χ3n) is 2.75. The number of hydrogen-bond donors (Lipinski definition) is 2. The number of rotatable bonds is 1. The third-order valence-corrected chi connectivity index (χ3v) is 2.75. The summed E-state index contributed by atoms with van der Waals surface area (Å²) in [5.74, 6) is 0. The highest BCUT2D eigenvalue weighted by molar-refractivity contribution is 5.66. The molecule has 0 saturated heterocycles. The summed E-state index contributed by atoms with van der Waals surface area (Å²) in [6.45, 7) is 2.90. The maximum Gasteiger partial charge on any atom is 0.407 e. The van der Waals surface area contributed by atoms with Crippen LogP contribution in [0.1, 0.15) is 12.6 Å². The second kappa shape index (κ2) is 3.45. The Hall–Kier alpha value is -1.72. The molecule has 6 heteroatoms. The van der Waals surface area contributed by atoms with Crippen LogP contribution in [0.5, 0.6) is 0 Å². The molecule has 0 unspecified atom stereocenters. The number of nitrogens with zero attached hydrogens (tertiary/aromatic N) is 3. The molecule has 0 spiro atoms. The molecular weight excluding hydrogens is 196 g/mol. The Morgan fingerprint density at radius 1 is 1.73 bits per heavy atom. The van der Waals surface area contributed by atoms with Crippen molar-refractivity contribution in [1.29, 1.82) is 0 Å². The van der Waals surface area contributed by atoms with Crippen LogP contribution in [-0.4, -0.2) is 39.0 Å². The molecule has 0 bridgehead atoms. The van der Waals surface area contributed by atoms with E-state index in [1.54, 1.807) is 13.2 Å². The molecule has 15 heavy (non-hydrogen) atoms. The fraction of sp³-hybridized carbons (Fsp3) is 0.556. The predicted molar refractivity (Wildman–Crippen MR) is 54.8 cm³/mol. The summed E-state index contributed by atoms with van der Waals surface area (Å²) in [5, 5.41) is 16.2. The van der Waals surface area contributed by atoms with Gasteiger partial charge in [-0.15, -0.1) is 0 Å². The van der Waals surface area contributed by atoms with Crippen molar-refractivity contribution in [3.8, 4) is 0 Å². The molecule has 1 aromatic rings. The van der Waals surface area contributed by atoms with E-state index in [1.807, 2.05) is 11.6 Å². The van der Waals surface area contributed by atoms with Gasteiger partial charge in [-0.25, -0.2) is 4.79 Å². The summed E-state index contributed by atoms with van der Waals surface area (Å²) in [6, 6.07) is -0.0281. The van der Waals surface area contributed by atoms with E-state index in [0.717, 1.165) is 11.4 Å². The van der Waals surface area contributed by atoms with Crippen LogP contribution in [0.15, 0.2) is 6.20 Å².